The van der Waals surface area contributed by atoms with E-state index in [0.717, 1.165) is 64.6 Å². The fourth-order valence-corrected chi connectivity index (χ4v) is 9.06. The number of hydrogen-bond donors (Lipinski definition) is 0. The summed E-state index contributed by atoms with van der Waals surface area (Å²) in [4.78, 5) is 17.4. The Hall–Kier alpha value is -10.9. The number of rotatable bonds is 0. The Morgan fingerprint density at radius 2 is 0.245 bits per heavy atom. The van der Waals surface area contributed by atoms with Crippen molar-refractivity contribution in [3.8, 4) is 34.5 Å². The number of pyridine rings is 6. The molecule has 505 valence electrons. The molecule has 6 aromatic heterocycles. The van der Waals surface area contributed by atoms with Gasteiger partial charge in [0.1, 0.15) is 0 Å². The average molecular weight is 1500 g/mol. The average Bonchev–Trinajstić information content (AvgIpc) is 0.925. The quantitative estimate of drug-likeness (QED) is 0.178. The minimum Gasteiger partial charge on any atom is -0.872 e. The zero-order chi connectivity index (χ0) is 71.5. The molecule has 16 heteroatoms. The van der Waals surface area contributed by atoms with Crippen molar-refractivity contribution in [2.24, 2.45) is 0 Å². The molecule has 0 aliphatic rings. The minimum absolute atomic E-state index is 0. The largest absolute Gasteiger partial charge is 3.00 e. The van der Waals surface area contributed by atoms with Gasteiger partial charge in [0.05, 0.1) is 0 Å². The summed E-state index contributed by atoms with van der Waals surface area (Å²) >= 11 is 0. The van der Waals surface area contributed by atoms with Crippen LogP contribution in [0.5, 0.6) is 34.5 Å². The van der Waals surface area contributed by atoms with E-state index in [1.807, 2.05) is 366 Å². The molecule has 0 aliphatic carbocycles. The van der Waals surface area contributed by atoms with Gasteiger partial charge in [0, 0.05) is 72.8 Å². The van der Waals surface area contributed by atoms with Gasteiger partial charge in [-0.25, -0.2) is 29.9 Å². The maximum atomic E-state index is 10.9. The van der Waals surface area contributed by atoms with Crippen molar-refractivity contribution in [1.82, 2.24) is 0 Å². The van der Waals surface area contributed by atoms with E-state index in [1.54, 1.807) is 72.8 Å². The molecule has 18 aromatic rings. The molecule has 0 atom stereocenters. The van der Waals surface area contributed by atoms with Gasteiger partial charge >= 0.3 is 98.3 Å². The summed E-state index contributed by atoms with van der Waals surface area (Å²) in [5.41, 5.74) is 0. The topological polar surface area (TPSA) is 223 Å². The van der Waals surface area contributed by atoms with E-state index in [1.165, 1.54) is 0 Å². The van der Waals surface area contributed by atoms with Crippen molar-refractivity contribution in [3.63, 3.8) is 0 Å². The Morgan fingerprint density at radius 1 is 0.132 bits per heavy atom. The van der Waals surface area contributed by atoms with Crippen LogP contribution in [0.15, 0.2) is 438 Å². The molecule has 0 spiro atoms. The first-order valence-corrected chi connectivity index (χ1v) is 32.6. The molecule has 0 saturated carbocycles. The number of hydrogen-bond acceptors (Lipinski definition) is 6. The summed E-state index contributed by atoms with van der Waals surface area (Å²) in [6.07, 6.45) is 22.5. The molecule has 0 amide bonds. The van der Waals surface area contributed by atoms with Crippen molar-refractivity contribution in [3.05, 3.63) is 438 Å². The smallest absolute Gasteiger partial charge is 0.872 e. The Balaban J connectivity index is 0.000000302. The van der Waals surface area contributed by atoms with E-state index in [-0.39, 0.29) is 133 Å². The number of nitrogens with one attached hydrogen (secondary N) is 6. The standard InChI is InChI=1S/6C10H8O.6C5H5N.Ce.3Li/c6*11-10-6-5-8-3-1-2-4-9(8)7-10;6*1-2-4-6-5-3-1;;;;/h6*1-7,11H;6*1-5H;;;;/q;;;;;;;;;;;;+3;3*+1. The second-order valence-corrected chi connectivity index (χ2v) is 21.5. The van der Waals surface area contributed by atoms with E-state index in [4.69, 9.17) is 0 Å². The zero-order valence-corrected chi connectivity index (χ0v) is 62.7. The fraction of sp³-hybridized carbons (Fsp3) is 0. The van der Waals surface area contributed by atoms with Crippen LogP contribution in [-0.2, 0) is 0 Å². The van der Waals surface area contributed by atoms with Crippen LogP contribution in [0.4, 0.5) is 0 Å². The van der Waals surface area contributed by atoms with Gasteiger partial charge in [-0.2, -0.15) is 0 Å². The first kappa shape index (κ1) is 89.3. The van der Waals surface area contributed by atoms with Crippen LogP contribution in [-0.4, -0.2) is 0 Å². The van der Waals surface area contributed by atoms with Gasteiger partial charge in [-0.3, -0.25) is 0 Å². The third-order valence-corrected chi connectivity index (χ3v) is 14.0. The van der Waals surface area contributed by atoms with Crippen molar-refractivity contribution >= 4 is 64.6 Å². The summed E-state index contributed by atoms with van der Waals surface area (Å²) in [5.74, 6) is 0.437. The Bertz CT molecular complexity index is 4180. The second-order valence-electron chi connectivity index (χ2n) is 21.5. The summed E-state index contributed by atoms with van der Waals surface area (Å²) in [7, 11) is 0. The number of benzene rings is 12. The summed E-state index contributed by atoms with van der Waals surface area (Å²) in [6.45, 7) is 0. The van der Waals surface area contributed by atoms with E-state index in [0.29, 0.717) is 0 Å². The summed E-state index contributed by atoms with van der Waals surface area (Å²) in [5, 5.41) is 78.1. The predicted molar refractivity (Wildman–Crippen MR) is 398 cm³/mol. The van der Waals surface area contributed by atoms with Gasteiger partial charge in [-0.1, -0.05) is 291 Å². The van der Waals surface area contributed by atoms with Crippen molar-refractivity contribution < 1.29 is 159 Å². The number of aromatic amines is 6. The molecule has 6 N–H and O–H groups in total. The molecule has 12 aromatic carbocycles. The predicted octanol–water partition coefficient (Wildman–Crippen LogP) is 5.50. The molecule has 106 heavy (non-hydrogen) atoms. The van der Waals surface area contributed by atoms with E-state index >= 15 is 0 Å². The van der Waals surface area contributed by atoms with Gasteiger partial charge < -0.3 is 30.6 Å². The maximum absolute atomic E-state index is 10.9. The molecule has 0 fully saturated rings. The van der Waals surface area contributed by atoms with Crippen LogP contribution < -0.4 is 117 Å². The molecule has 0 aliphatic heterocycles. The van der Waals surface area contributed by atoms with Crippen LogP contribution in [0.1, 0.15) is 0 Å². The monoisotopic (exact) mass is 1500 g/mol. The van der Waals surface area contributed by atoms with Gasteiger partial charge in [0.25, 0.3) is 0 Å². The molecular formula is C90H78CeLi3N6O6+6. The SMILES string of the molecule is [Ce+3].[Li+].[Li+].[Li+].[O-]c1ccc2ccccc2c1.[O-]c1ccc2ccccc2c1.[O-]c1ccc2ccccc2c1.[O-]c1ccc2ccccc2c1.[O-]c1ccc2ccccc2c1.[O-]c1ccc2ccccc2c1.c1cc[nH+]cc1.c1cc[nH+]cc1.c1cc[nH+]cc1.c1cc[nH+]cc1.c1cc[nH+]cc1.c1cc[nH+]cc1. The van der Waals surface area contributed by atoms with Crippen LogP contribution in [0.25, 0.3) is 64.6 Å². The van der Waals surface area contributed by atoms with Crippen LogP contribution in [0.2, 0.25) is 0 Å². The van der Waals surface area contributed by atoms with E-state index in [2.05, 4.69) is 29.9 Å². The van der Waals surface area contributed by atoms with Crippen LogP contribution >= 0.6 is 0 Å². The summed E-state index contributed by atoms with van der Waals surface area (Å²) in [6, 6.07) is 113. The van der Waals surface area contributed by atoms with Crippen LogP contribution in [0, 0.1) is 41.7 Å². The van der Waals surface area contributed by atoms with Crippen molar-refractivity contribution in [2.45, 2.75) is 0 Å². The molecular weight excluding hydrogens is 1420 g/mol. The Labute approximate surface area is 689 Å². The molecule has 0 bridgehead atoms. The third kappa shape index (κ3) is 37.5. The Morgan fingerprint density at radius 3 is 0.340 bits per heavy atom. The van der Waals surface area contributed by atoms with Crippen LogP contribution in [0.3, 0.4) is 0 Å². The maximum Gasteiger partial charge on any atom is 3.00 e. The van der Waals surface area contributed by atoms with E-state index < -0.39 is 0 Å². The van der Waals surface area contributed by atoms with Gasteiger partial charge in [-0.05, 0) is 64.6 Å². The second kappa shape index (κ2) is 55.6. The first-order valence-electron chi connectivity index (χ1n) is 32.6. The number of H-pyrrole nitrogens is 6. The summed E-state index contributed by atoms with van der Waals surface area (Å²) < 4.78 is 0. The van der Waals surface area contributed by atoms with E-state index in [9.17, 15) is 30.6 Å². The first-order chi connectivity index (χ1) is 50.2. The molecule has 18 rings (SSSR count). The molecule has 12 nitrogen and oxygen atoms in total. The van der Waals surface area contributed by atoms with Gasteiger partial charge in [0.2, 0.25) is 0 Å². The molecule has 1 radical (unpaired) electrons. The zero-order valence-electron chi connectivity index (χ0n) is 59.5. The minimum atomic E-state index is 0. The normalized spacial score (nSPS) is 9.06. The number of aromatic nitrogens is 6. The fourth-order valence-electron chi connectivity index (χ4n) is 9.06. The third-order valence-electron chi connectivity index (χ3n) is 14.0. The van der Waals surface area contributed by atoms with Crippen molar-refractivity contribution in [1.29, 1.82) is 0 Å². The molecule has 6 heterocycles. The molecule has 0 saturated heterocycles. The van der Waals surface area contributed by atoms with Crippen molar-refractivity contribution in [2.75, 3.05) is 0 Å². The molecule has 0 unspecified atom stereocenters. The Kier molecular flexibility index (Phi) is 46.8. The number of fused-ring (bicyclic) bond motifs is 6. The van der Waals surface area contributed by atoms with Gasteiger partial charge in [-0.15, -0.1) is 34.5 Å². The van der Waals surface area contributed by atoms with Gasteiger partial charge in [0.15, 0.2) is 74.4 Å².